The van der Waals surface area contributed by atoms with Gasteiger partial charge in [-0.2, -0.15) is 0 Å². The lowest BCUT2D eigenvalue weighted by Crippen LogP contribution is -2.42. The second kappa shape index (κ2) is 7.79. The summed E-state index contributed by atoms with van der Waals surface area (Å²) in [6.45, 7) is 4.80. The summed E-state index contributed by atoms with van der Waals surface area (Å²) < 4.78 is 37.2. The molecule has 0 spiro atoms. The fourth-order valence-electron chi connectivity index (χ4n) is 2.28. The van der Waals surface area contributed by atoms with Crippen LogP contribution in [-0.2, 0) is 35.5 Å². The quantitative estimate of drug-likeness (QED) is 0.394. The van der Waals surface area contributed by atoms with Crippen molar-refractivity contribution in [1.29, 1.82) is 0 Å². The Morgan fingerprint density at radius 2 is 1.72 bits per heavy atom. The molecule has 0 aliphatic carbocycles. The summed E-state index contributed by atoms with van der Waals surface area (Å²) in [7, 11) is -3.82. The van der Waals surface area contributed by atoms with Crippen LogP contribution in [-0.4, -0.2) is 36.3 Å². The molecule has 1 aliphatic rings. The van der Waals surface area contributed by atoms with E-state index in [1.807, 2.05) is 6.92 Å². The zero-order valence-corrected chi connectivity index (χ0v) is 17.4. The Labute approximate surface area is 171 Å². The first-order chi connectivity index (χ1) is 13.6. The summed E-state index contributed by atoms with van der Waals surface area (Å²) in [5.74, 6) is -2.95. The average Bonchev–Trinajstić information content (AvgIpc) is 3.07. The van der Waals surface area contributed by atoms with Gasteiger partial charge < -0.3 is 14.8 Å². The van der Waals surface area contributed by atoms with E-state index in [4.69, 9.17) is 9.47 Å². The first-order valence-corrected chi connectivity index (χ1v) is 10.8. The minimum Gasteiger partial charge on any atom is -0.419 e. The molecule has 2 N–H and O–H groups in total. The van der Waals surface area contributed by atoms with Gasteiger partial charge >= 0.3 is 11.9 Å². The number of benzene rings is 1. The van der Waals surface area contributed by atoms with E-state index in [9.17, 15) is 18.0 Å². The van der Waals surface area contributed by atoms with E-state index in [0.29, 0.717) is 12.1 Å². The maximum Gasteiger partial charge on any atom is 0.350 e. The summed E-state index contributed by atoms with van der Waals surface area (Å²) in [4.78, 5) is 23.8. The number of nitrogens with zero attached hydrogens (tertiary/aromatic N) is 2. The van der Waals surface area contributed by atoms with E-state index in [-0.39, 0.29) is 15.6 Å². The fourth-order valence-corrected chi connectivity index (χ4v) is 4.19. The molecule has 2 heterocycles. The lowest BCUT2D eigenvalue weighted by Gasteiger charge is -2.29. The van der Waals surface area contributed by atoms with Crippen LogP contribution in [0.3, 0.4) is 0 Å². The fraction of sp³-hybridized carbons (Fsp3) is 0.294. The van der Waals surface area contributed by atoms with Gasteiger partial charge in [0.2, 0.25) is 5.13 Å². The van der Waals surface area contributed by atoms with Crippen molar-refractivity contribution in [2.75, 3.05) is 10.0 Å². The Morgan fingerprint density at radius 3 is 2.28 bits per heavy atom. The van der Waals surface area contributed by atoms with Crippen molar-refractivity contribution in [3.63, 3.8) is 0 Å². The third kappa shape index (κ3) is 4.90. The number of ether oxygens (including phenoxy) is 2. The largest absolute Gasteiger partial charge is 0.419 e. The van der Waals surface area contributed by atoms with Gasteiger partial charge in [-0.15, -0.1) is 10.2 Å². The lowest BCUT2D eigenvalue weighted by atomic mass is 10.2. The van der Waals surface area contributed by atoms with Crippen molar-refractivity contribution in [2.24, 2.45) is 0 Å². The van der Waals surface area contributed by atoms with Crippen molar-refractivity contribution >= 4 is 44.1 Å². The highest BCUT2D eigenvalue weighted by Crippen LogP contribution is 2.24. The maximum atomic E-state index is 12.4. The highest BCUT2D eigenvalue weighted by molar-refractivity contribution is 7.93. The third-order valence-electron chi connectivity index (χ3n) is 3.66. The van der Waals surface area contributed by atoms with Gasteiger partial charge in [0.1, 0.15) is 5.01 Å². The second-order valence-corrected chi connectivity index (χ2v) is 9.11. The van der Waals surface area contributed by atoms with Gasteiger partial charge in [0.05, 0.1) is 4.90 Å². The number of aromatic nitrogens is 2. The van der Waals surface area contributed by atoms with Gasteiger partial charge in [-0.3, -0.25) is 4.72 Å². The Bertz CT molecular complexity index is 1050. The van der Waals surface area contributed by atoms with Crippen LogP contribution in [0.15, 0.2) is 40.9 Å². The molecule has 29 heavy (non-hydrogen) atoms. The molecule has 0 unspecified atom stereocenters. The van der Waals surface area contributed by atoms with E-state index in [1.165, 1.54) is 38.1 Å². The van der Waals surface area contributed by atoms with Crippen LogP contribution in [0, 0.1) is 0 Å². The van der Waals surface area contributed by atoms with Crippen molar-refractivity contribution < 1.29 is 27.5 Å². The van der Waals surface area contributed by atoms with Gasteiger partial charge in [0, 0.05) is 25.7 Å². The normalized spacial score (nSPS) is 16.0. The van der Waals surface area contributed by atoms with E-state index in [1.54, 1.807) is 0 Å². The smallest absolute Gasteiger partial charge is 0.350 e. The van der Waals surface area contributed by atoms with E-state index >= 15 is 0 Å². The maximum absolute atomic E-state index is 12.4. The molecule has 1 fully saturated rings. The van der Waals surface area contributed by atoms with E-state index in [0.717, 1.165) is 22.5 Å². The van der Waals surface area contributed by atoms with E-state index < -0.39 is 27.7 Å². The molecule has 0 saturated carbocycles. The van der Waals surface area contributed by atoms with Crippen molar-refractivity contribution in [2.45, 2.75) is 37.9 Å². The number of hydrogen-bond acceptors (Lipinski definition) is 10. The minimum atomic E-state index is -3.82. The number of sulfonamides is 1. The molecule has 0 radical (unpaired) electrons. The zero-order chi connectivity index (χ0) is 21.2. The molecule has 1 aliphatic heterocycles. The van der Waals surface area contributed by atoms with Crippen LogP contribution >= 0.6 is 11.3 Å². The van der Waals surface area contributed by atoms with Gasteiger partial charge in [-0.1, -0.05) is 18.3 Å². The highest BCUT2D eigenvalue weighted by atomic mass is 32.2. The number of carbonyl (C=O) groups is 2. The number of hydrogen-bond donors (Lipinski definition) is 2. The van der Waals surface area contributed by atoms with Gasteiger partial charge in [0.15, 0.2) is 5.57 Å². The van der Waals surface area contributed by atoms with Crippen LogP contribution in [0.4, 0.5) is 10.8 Å². The lowest BCUT2D eigenvalue weighted by molar-refractivity contribution is -0.222. The Balaban J connectivity index is 1.70. The number of nitrogens with one attached hydrogen (secondary N) is 2. The second-order valence-electron chi connectivity index (χ2n) is 6.37. The van der Waals surface area contributed by atoms with Gasteiger partial charge in [0.25, 0.3) is 15.8 Å². The number of esters is 2. The van der Waals surface area contributed by atoms with Crippen LogP contribution in [0.25, 0.3) is 0 Å². The summed E-state index contributed by atoms with van der Waals surface area (Å²) in [5.41, 5.74) is 0.150. The average molecular weight is 438 g/mol. The molecule has 0 bridgehead atoms. The molecule has 0 amide bonds. The van der Waals surface area contributed by atoms with Crippen molar-refractivity contribution in [3.8, 4) is 0 Å². The van der Waals surface area contributed by atoms with Gasteiger partial charge in [-0.05, 0) is 30.7 Å². The number of rotatable bonds is 6. The summed E-state index contributed by atoms with van der Waals surface area (Å²) in [6.07, 6.45) is 1.81. The Hall–Kier alpha value is -2.99. The molecule has 1 aromatic heterocycles. The van der Waals surface area contributed by atoms with E-state index in [2.05, 4.69) is 20.2 Å². The third-order valence-corrected chi connectivity index (χ3v) is 6.12. The first kappa shape index (κ1) is 20.7. The summed E-state index contributed by atoms with van der Waals surface area (Å²) in [6, 6.07) is 5.69. The molecular weight excluding hydrogens is 420 g/mol. The molecular formula is C17H18N4O6S2. The highest BCUT2D eigenvalue weighted by Gasteiger charge is 2.38. The molecule has 12 heteroatoms. The SMILES string of the molecule is CCc1nnc(NS(=O)(=O)c2ccc(NC=C3C(=O)OC(C)(C)OC3=O)cc2)s1. The molecule has 0 atom stereocenters. The van der Waals surface area contributed by atoms with Crippen molar-refractivity contribution in [1.82, 2.24) is 10.2 Å². The number of anilines is 2. The Kier molecular flexibility index (Phi) is 5.57. The topological polar surface area (TPSA) is 137 Å². The predicted molar refractivity (Wildman–Crippen MR) is 105 cm³/mol. The summed E-state index contributed by atoms with van der Waals surface area (Å²) >= 11 is 1.16. The molecule has 1 saturated heterocycles. The zero-order valence-electron chi connectivity index (χ0n) is 15.8. The molecule has 3 rings (SSSR count). The summed E-state index contributed by atoms with van der Waals surface area (Å²) in [5, 5.41) is 11.3. The first-order valence-electron chi connectivity index (χ1n) is 8.48. The van der Waals surface area contributed by atoms with Crippen molar-refractivity contribution in [3.05, 3.63) is 41.0 Å². The van der Waals surface area contributed by atoms with Gasteiger partial charge in [-0.25, -0.2) is 18.0 Å². The van der Waals surface area contributed by atoms with Crippen LogP contribution in [0.1, 0.15) is 25.8 Å². The Morgan fingerprint density at radius 1 is 1.10 bits per heavy atom. The number of cyclic esters (lactones) is 2. The van der Waals surface area contributed by atoms with Crippen LogP contribution < -0.4 is 10.0 Å². The number of carbonyl (C=O) groups excluding carboxylic acids is 2. The monoisotopic (exact) mass is 438 g/mol. The van der Waals surface area contributed by atoms with Crippen LogP contribution in [0.2, 0.25) is 0 Å². The molecule has 10 nitrogen and oxygen atoms in total. The standard InChI is InChI=1S/C17H18N4O6S2/c1-4-13-19-20-16(28-13)21-29(24,25)11-7-5-10(6-8-11)18-9-12-14(22)26-17(2,3)27-15(12)23/h5-9,18H,4H2,1-3H3,(H,20,21). The predicted octanol–water partition coefficient (Wildman–Crippen LogP) is 2.03. The minimum absolute atomic E-state index is 0.0159. The van der Waals surface area contributed by atoms with Crippen LogP contribution in [0.5, 0.6) is 0 Å². The molecule has 1 aromatic carbocycles. The molecule has 154 valence electrons. The molecule has 2 aromatic rings. The number of aryl methyl sites for hydroxylation is 1.